The van der Waals surface area contributed by atoms with Gasteiger partial charge >= 0.3 is 0 Å². The molecule has 96 valence electrons. The molecule has 1 saturated carbocycles. The van der Waals surface area contributed by atoms with Crippen LogP contribution in [0.15, 0.2) is 4.34 Å². The molecule has 1 aromatic rings. The van der Waals surface area contributed by atoms with Crippen LogP contribution in [0.1, 0.15) is 44.3 Å². The first-order valence-electron chi connectivity index (χ1n) is 6.51. The third kappa shape index (κ3) is 4.94. The Morgan fingerprint density at radius 3 is 2.71 bits per heavy atom. The number of hydrogen-bond donors (Lipinski definition) is 1. The molecule has 0 aromatic carbocycles. The number of hydrogen-bond acceptors (Lipinski definition) is 5. The highest BCUT2D eigenvalue weighted by atomic mass is 32.2. The van der Waals surface area contributed by atoms with E-state index in [1.54, 1.807) is 0 Å². The van der Waals surface area contributed by atoms with Gasteiger partial charge in [-0.25, -0.2) is 4.98 Å². The number of thioether (sulfide) groups is 1. The van der Waals surface area contributed by atoms with Crippen LogP contribution in [0, 0.1) is 6.92 Å². The van der Waals surface area contributed by atoms with Crippen molar-refractivity contribution in [1.29, 1.82) is 0 Å². The van der Waals surface area contributed by atoms with Crippen LogP contribution in [0.5, 0.6) is 0 Å². The molecule has 0 unspecified atom stereocenters. The van der Waals surface area contributed by atoms with E-state index in [2.05, 4.69) is 14.7 Å². The van der Waals surface area contributed by atoms with Gasteiger partial charge in [-0.1, -0.05) is 37.4 Å². The molecule has 1 aliphatic carbocycles. The van der Waals surface area contributed by atoms with E-state index in [0.29, 0.717) is 0 Å². The quantitative estimate of drug-likeness (QED) is 0.507. The first kappa shape index (κ1) is 13.3. The minimum Gasteiger partial charge on any atom is -0.313 e. The zero-order chi connectivity index (χ0) is 11.9. The summed E-state index contributed by atoms with van der Waals surface area (Å²) < 4.78 is 5.29. The Bertz CT molecular complexity index is 319. The smallest absolute Gasteiger partial charge is 0.170 e. The maximum absolute atomic E-state index is 4.35. The van der Waals surface area contributed by atoms with E-state index in [1.807, 2.05) is 18.7 Å². The summed E-state index contributed by atoms with van der Waals surface area (Å²) in [7, 11) is 0. The van der Waals surface area contributed by atoms with Crippen molar-refractivity contribution in [3.8, 4) is 0 Å². The molecule has 0 saturated heterocycles. The van der Waals surface area contributed by atoms with E-state index in [4.69, 9.17) is 0 Å². The van der Waals surface area contributed by atoms with E-state index < -0.39 is 0 Å². The average molecular weight is 271 g/mol. The normalized spacial score (nSPS) is 18.2. The Kier molecular flexibility index (Phi) is 5.74. The summed E-state index contributed by atoms with van der Waals surface area (Å²) in [5.41, 5.74) is 0. The van der Waals surface area contributed by atoms with Crippen molar-refractivity contribution < 1.29 is 0 Å². The topological polar surface area (TPSA) is 37.8 Å². The van der Waals surface area contributed by atoms with Gasteiger partial charge in [-0.15, -0.1) is 0 Å². The fraction of sp³-hybridized carbons (Fsp3) is 0.833. The molecule has 5 heteroatoms. The highest BCUT2D eigenvalue weighted by Gasteiger charge is 2.11. The van der Waals surface area contributed by atoms with Crippen molar-refractivity contribution in [2.75, 3.05) is 12.3 Å². The van der Waals surface area contributed by atoms with Crippen LogP contribution < -0.4 is 5.32 Å². The molecule has 2 rings (SSSR count). The molecule has 0 amide bonds. The van der Waals surface area contributed by atoms with Gasteiger partial charge in [0, 0.05) is 18.3 Å². The first-order chi connectivity index (χ1) is 8.34. The molecular formula is C12H21N3S2. The SMILES string of the molecule is Cc1nsc(SCCNC2CCCCCC2)n1. The molecule has 3 nitrogen and oxygen atoms in total. The van der Waals surface area contributed by atoms with Gasteiger partial charge < -0.3 is 5.32 Å². The minimum absolute atomic E-state index is 0.759. The molecule has 0 spiro atoms. The second-order valence-electron chi connectivity index (χ2n) is 4.60. The van der Waals surface area contributed by atoms with Gasteiger partial charge in [0.25, 0.3) is 0 Å². The molecule has 1 heterocycles. The van der Waals surface area contributed by atoms with Crippen molar-refractivity contribution in [1.82, 2.24) is 14.7 Å². The number of aryl methyl sites for hydroxylation is 1. The average Bonchev–Trinajstić information content (AvgIpc) is 2.59. The summed E-state index contributed by atoms with van der Waals surface area (Å²) in [4.78, 5) is 4.35. The highest BCUT2D eigenvalue weighted by Crippen LogP contribution is 2.20. The van der Waals surface area contributed by atoms with Crippen molar-refractivity contribution in [2.45, 2.75) is 55.8 Å². The van der Waals surface area contributed by atoms with Crippen LogP contribution in [0.25, 0.3) is 0 Å². The number of nitrogens with one attached hydrogen (secondary N) is 1. The van der Waals surface area contributed by atoms with Crippen LogP contribution in [0.3, 0.4) is 0 Å². The van der Waals surface area contributed by atoms with Gasteiger partial charge in [0.15, 0.2) is 4.34 Å². The number of aromatic nitrogens is 2. The monoisotopic (exact) mass is 271 g/mol. The maximum atomic E-state index is 4.35. The summed E-state index contributed by atoms with van der Waals surface area (Å²) in [6.45, 7) is 3.04. The predicted octanol–water partition coefficient (Wildman–Crippen LogP) is 3.25. The lowest BCUT2D eigenvalue weighted by atomic mass is 10.1. The van der Waals surface area contributed by atoms with Crippen molar-refractivity contribution in [3.05, 3.63) is 5.82 Å². The van der Waals surface area contributed by atoms with E-state index in [1.165, 1.54) is 50.1 Å². The van der Waals surface area contributed by atoms with E-state index >= 15 is 0 Å². The molecule has 1 aromatic heterocycles. The Morgan fingerprint density at radius 2 is 2.06 bits per heavy atom. The van der Waals surface area contributed by atoms with Crippen LogP contribution in [-0.4, -0.2) is 27.7 Å². The third-order valence-corrected chi connectivity index (χ3v) is 5.05. The molecule has 17 heavy (non-hydrogen) atoms. The van der Waals surface area contributed by atoms with E-state index in [9.17, 15) is 0 Å². The summed E-state index contributed by atoms with van der Waals surface area (Å²) in [6, 6.07) is 0.759. The fourth-order valence-electron chi connectivity index (χ4n) is 2.22. The summed E-state index contributed by atoms with van der Waals surface area (Å²) in [5.74, 6) is 2.00. The number of rotatable bonds is 5. The van der Waals surface area contributed by atoms with Crippen molar-refractivity contribution in [3.63, 3.8) is 0 Å². The Labute approximate surface area is 112 Å². The second-order valence-corrected chi connectivity index (χ2v) is 6.69. The van der Waals surface area contributed by atoms with E-state index in [0.717, 1.165) is 28.5 Å². The Balaban J connectivity index is 1.59. The van der Waals surface area contributed by atoms with E-state index in [-0.39, 0.29) is 0 Å². The molecule has 0 radical (unpaired) electrons. The van der Waals surface area contributed by atoms with Crippen LogP contribution >= 0.6 is 23.3 Å². The predicted molar refractivity (Wildman–Crippen MR) is 74.9 cm³/mol. The molecule has 0 aliphatic heterocycles. The summed E-state index contributed by atoms with van der Waals surface area (Å²) >= 11 is 3.33. The lowest BCUT2D eigenvalue weighted by molar-refractivity contribution is 0.474. The van der Waals surface area contributed by atoms with Crippen molar-refractivity contribution in [2.24, 2.45) is 0 Å². The van der Waals surface area contributed by atoms with Gasteiger partial charge in [-0.3, -0.25) is 0 Å². The molecule has 0 bridgehead atoms. The third-order valence-electron chi connectivity index (χ3n) is 3.12. The summed E-state index contributed by atoms with van der Waals surface area (Å²) in [6.07, 6.45) is 8.39. The highest BCUT2D eigenvalue weighted by molar-refractivity contribution is 8.00. The van der Waals surface area contributed by atoms with Gasteiger partial charge in [0.1, 0.15) is 5.82 Å². The number of nitrogens with zero attached hydrogens (tertiary/aromatic N) is 2. The van der Waals surface area contributed by atoms with Crippen LogP contribution in [-0.2, 0) is 0 Å². The van der Waals surface area contributed by atoms with Gasteiger partial charge in [-0.05, 0) is 31.3 Å². The Morgan fingerprint density at radius 1 is 1.29 bits per heavy atom. The zero-order valence-electron chi connectivity index (χ0n) is 10.4. The fourth-order valence-corrected chi connectivity index (χ4v) is 3.81. The molecule has 1 fully saturated rings. The van der Waals surface area contributed by atoms with Gasteiger partial charge in [0.05, 0.1) is 0 Å². The van der Waals surface area contributed by atoms with Gasteiger partial charge in [-0.2, -0.15) is 4.37 Å². The lowest BCUT2D eigenvalue weighted by Crippen LogP contribution is -2.30. The second kappa shape index (κ2) is 7.34. The van der Waals surface area contributed by atoms with Gasteiger partial charge in [0.2, 0.25) is 0 Å². The summed E-state index contributed by atoms with van der Waals surface area (Å²) in [5, 5.41) is 3.67. The molecular weight excluding hydrogens is 250 g/mol. The minimum atomic E-state index is 0.759. The standard InChI is InChI=1S/C12H21N3S2/c1-10-14-12(17-15-10)16-9-8-13-11-6-4-2-3-5-7-11/h11,13H,2-9H2,1H3. The molecule has 1 N–H and O–H groups in total. The van der Waals surface area contributed by atoms with Crippen LogP contribution in [0.4, 0.5) is 0 Å². The first-order valence-corrected chi connectivity index (χ1v) is 8.27. The largest absolute Gasteiger partial charge is 0.313 e. The Hall–Kier alpha value is -0.130. The van der Waals surface area contributed by atoms with Crippen molar-refractivity contribution >= 4 is 23.3 Å². The zero-order valence-corrected chi connectivity index (χ0v) is 12.1. The van der Waals surface area contributed by atoms with Crippen LogP contribution in [0.2, 0.25) is 0 Å². The lowest BCUT2D eigenvalue weighted by Gasteiger charge is -2.15. The maximum Gasteiger partial charge on any atom is 0.170 e. The molecule has 0 atom stereocenters. The molecule has 1 aliphatic rings.